The summed E-state index contributed by atoms with van der Waals surface area (Å²) in [5, 5.41) is 7.48. The Morgan fingerprint density at radius 2 is 2.47 bits per heavy atom. The van der Waals surface area contributed by atoms with E-state index in [4.69, 9.17) is 0 Å². The van der Waals surface area contributed by atoms with Gasteiger partial charge < -0.3 is 10.3 Å². The van der Waals surface area contributed by atoms with Gasteiger partial charge in [0.15, 0.2) is 0 Å². The third kappa shape index (κ3) is 2.59. The number of H-pyrrole nitrogens is 1. The molecule has 2 heterocycles. The SMILES string of the molecule is CCCn1cc(NCc2ncc[nH]2)cn1. The molecule has 5 nitrogen and oxygen atoms in total. The van der Waals surface area contributed by atoms with Gasteiger partial charge in [-0.25, -0.2) is 4.98 Å². The number of nitrogens with one attached hydrogen (secondary N) is 2. The molecule has 0 aromatic carbocycles. The maximum absolute atomic E-state index is 4.23. The second-order valence-corrected chi connectivity index (χ2v) is 3.38. The first kappa shape index (κ1) is 9.76. The Bertz CT molecular complexity index is 390. The molecule has 0 saturated carbocycles. The molecule has 15 heavy (non-hydrogen) atoms. The molecule has 0 bridgehead atoms. The summed E-state index contributed by atoms with van der Waals surface area (Å²) in [6, 6.07) is 0. The van der Waals surface area contributed by atoms with E-state index in [2.05, 4.69) is 27.3 Å². The largest absolute Gasteiger partial charge is 0.375 e. The molecule has 0 fully saturated rings. The number of nitrogens with zero attached hydrogens (tertiary/aromatic N) is 3. The van der Waals surface area contributed by atoms with Crippen LogP contribution >= 0.6 is 0 Å². The zero-order valence-corrected chi connectivity index (χ0v) is 8.77. The van der Waals surface area contributed by atoms with Crippen LogP contribution in [0.1, 0.15) is 19.2 Å². The second-order valence-electron chi connectivity index (χ2n) is 3.38. The first-order valence-electron chi connectivity index (χ1n) is 5.13. The van der Waals surface area contributed by atoms with Gasteiger partial charge in [0.25, 0.3) is 0 Å². The molecule has 0 aliphatic rings. The fourth-order valence-corrected chi connectivity index (χ4v) is 1.39. The lowest BCUT2D eigenvalue weighted by Crippen LogP contribution is -2.00. The Hall–Kier alpha value is -1.78. The molecule has 5 heteroatoms. The van der Waals surface area contributed by atoms with Crippen LogP contribution < -0.4 is 5.32 Å². The predicted octanol–water partition coefficient (Wildman–Crippen LogP) is 1.63. The van der Waals surface area contributed by atoms with Crippen molar-refractivity contribution in [3.8, 4) is 0 Å². The molecule has 2 rings (SSSR count). The summed E-state index contributed by atoms with van der Waals surface area (Å²) in [5.41, 5.74) is 1.03. The van der Waals surface area contributed by atoms with Crippen molar-refractivity contribution in [2.24, 2.45) is 0 Å². The van der Waals surface area contributed by atoms with Gasteiger partial charge in [0.05, 0.1) is 18.4 Å². The minimum atomic E-state index is 0.699. The van der Waals surface area contributed by atoms with Crippen LogP contribution in [0.2, 0.25) is 0 Å². The highest BCUT2D eigenvalue weighted by Gasteiger charge is 1.98. The molecule has 0 atom stereocenters. The van der Waals surface area contributed by atoms with E-state index in [0.717, 1.165) is 24.5 Å². The first-order chi connectivity index (χ1) is 7.38. The lowest BCUT2D eigenvalue weighted by molar-refractivity contribution is 0.603. The quantitative estimate of drug-likeness (QED) is 0.780. The van der Waals surface area contributed by atoms with Gasteiger partial charge in [-0.05, 0) is 6.42 Å². The van der Waals surface area contributed by atoms with Gasteiger partial charge in [0.1, 0.15) is 5.82 Å². The summed E-state index contributed by atoms with van der Waals surface area (Å²) in [4.78, 5) is 7.17. The number of aromatic amines is 1. The molecule has 80 valence electrons. The first-order valence-corrected chi connectivity index (χ1v) is 5.13. The van der Waals surface area contributed by atoms with E-state index in [1.807, 2.05) is 23.3 Å². The van der Waals surface area contributed by atoms with Crippen molar-refractivity contribution in [2.75, 3.05) is 5.32 Å². The van der Waals surface area contributed by atoms with Gasteiger partial charge in [0, 0.05) is 25.1 Å². The zero-order valence-electron chi connectivity index (χ0n) is 8.77. The van der Waals surface area contributed by atoms with E-state index in [1.54, 1.807) is 6.20 Å². The van der Waals surface area contributed by atoms with Crippen LogP contribution in [0.15, 0.2) is 24.8 Å². The Morgan fingerprint density at radius 3 is 3.20 bits per heavy atom. The molecule has 0 aliphatic heterocycles. The van der Waals surface area contributed by atoms with Crippen LogP contribution in [-0.4, -0.2) is 19.7 Å². The number of aromatic nitrogens is 4. The van der Waals surface area contributed by atoms with Crippen LogP contribution in [-0.2, 0) is 13.1 Å². The summed E-state index contributed by atoms with van der Waals surface area (Å²) in [5.74, 6) is 0.929. The highest BCUT2D eigenvalue weighted by Crippen LogP contribution is 2.06. The van der Waals surface area contributed by atoms with Crippen molar-refractivity contribution in [1.29, 1.82) is 0 Å². The van der Waals surface area contributed by atoms with Gasteiger partial charge >= 0.3 is 0 Å². The van der Waals surface area contributed by atoms with E-state index in [0.29, 0.717) is 6.54 Å². The number of imidazole rings is 1. The lowest BCUT2D eigenvalue weighted by Gasteiger charge is -1.99. The molecule has 0 radical (unpaired) electrons. The van der Waals surface area contributed by atoms with Crippen molar-refractivity contribution in [2.45, 2.75) is 26.4 Å². The van der Waals surface area contributed by atoms with Gasteiger partial charge in [-0.3, -0.25) is 4.68 Å². The molecule has 2 aromatic heterocycles. The van der Waals surface area contributed by atoms with Crippen molar-refractivity contribution < 1.29 is 0 Å². The fraction of sp³-hybridized carbons (Fsp3) is 0.400. The molecule has 2 aromatic rings. The van der Waals surface area contributed by atoms with Crippen molar-refractivity contribution in [3.05, 3.63) is 30.6 Å². The fourth-order valence-electron chi connectivity index (χ4n) is 1.39. The van der Waals surface area contributed by atoms with Crippen LogP contribution in [0, 0.1) is 0 Å². The van der Waals surface area contributed by atoms with Gasteiger partial charge in [-0.15, -0.1) is 0 Å². The number of anilines is 1. The summed E-state index contributed by atoms with van der Waals surface area (Å²) in [6.45, 7) is 3.80. The smallest absolute Gasteiger partial charge is 0.125 e. The number of hydrogen-bond acceptors (Lipinski definition) is 3. The molecule has 0 unspecified atom stereocenters. The minimum absolute atomic E-state index is 0.699. The van der Waals surface area contributed by atoms with Gasteiger partial charge in [-0.2, -0.15) is 5.10 Å². The second kappa shape index (κ2) is 4.63. The van der Waals surface area contributed by atoms with E-state index in [1.165, 1.54) is 0 Å². The van der Waals surface area contributed by atoms with Crippen LogP contribution in [0.3, 0.4) is 0 Å². The lowest BCUT2D eigenvalue weighted by atomic mass is 10.5. The van der Waals surface area contributed by atoms with Crippen molar-refractivity contribution in [1.82, 2.24) is 19.7 Å². The molecular weight excluding hydrogens is 190 g/mol. The van der Waals surface area contributed by atoms with Gasteiger partial charge in [0.2, 0.25) is 0 Å². The number of hydrogen-bond donors (Lipinski definition) is 2. The topological polar surface area (TPSA) is 58.5 Å². The predicted molar refractivity (Wildman–Crippen MR) is 58.4 cm³/mol. The van der Waals surface area contributed by atoms with Gasteiger partial charge in [-0.1, -0.05) is 6.92 Å². The molecule has 0 saturated heterocycles. The molecule has 0 aliphatic carbocycles. The Labute approximate surface area is 88.5 Å². The highest BCUT2D eigenvalue weighted by atomic mass is 15.3. The van der Waals surface area contributed by atoms with Crippen LogP contribution in [0.25, 0.3) is 0 Å². The third-order valence-corrected chi connectivity index (χ3v) is 2.10. The Kier molecular flexibility index (Phi) is 3.02. The number of aryl methyl sites for hydroxylation is 1. The maximum atomic E-state index is 4.23. The highest BCUT2D eigenvalue weighted by molar-refractivity contribution is 5.38. The molecule has 0 spiro atoms. The van der Waals surface area contributed by atoms with Crippen molar-refractivity contribution >= 4 is 5.69 Å². The maximum Gasteiger partial charge on any atom is 0.125 e. The van der Waals surface area contributed by atoms with E-state index >= 15 is 0 Å². The Balaban J connectivity index is 1.88. The summed E-state index contributed by atoms with van der Waals surface area (Å²) >= 11 is 0. The molecule has 0 amide bonds. The van der Waals surface area contributed by atoms with E-state index in [-0.39, 0.29) is 0 Å². The number of rotatable bonds is 5. The van der Waals surface area contributed by atoms with E-state index < -0.39 is 0 Å². The van der Waals surface area contributed by atoms with Crippen molar-refractivity contribution in [3.63, 3.8) is 0 Å². The Morgan fingerprint density at radius 1 is 1.53 bits per heavy atom. The van der Waals surface area contributed by atoms with Crippen LogP contribution in [0.5, 0.6) is 0 Å². The summed E-state index contributed by atoms with van der Waals surface area (Å²) in [6.07, 6.45) is 8.50. The average molecular weight is 205 g/mol. The van der Waals surface area contributed by atoms with E-state index in [9.17, 15) is 0 Å². The summed E-state index contributed by atoms with van der Waals surface area (Å²) < 4.78 is 1.93. The molecule has 2 N–H and O–H groups in total. The third-order valence-electron chi connectivity index (χ3n) is 2.10. The van der Waals surface area contributed by atoms with Crippen LogP contribution in [0.4, 0.5) is 5.69 Å². The average Bonchev–Trinajstić information content (AvgIpc) is 2.85. The minimum Gasteiger partial charge on any atom is -0.375 e. The monoisotopic (exact) mass is 205 g/mol. The zero-order chi connectivity index (χ0) is 10.5. The standard InChI is InChI=1S/C10H15N5/c1-2-5-15-8-9(6-14-15)13-7-10-11-3-4-12-10/h3-4,6,8,13H,2,5,7H2,1H3,(H,11,12). The normalized spacial score (nSPS) is 10.5. The molecular formula is C10H15N5. The summed E-state index contributed by atoms with van der Waals surface area (Å²) in [7, 11) is 0.